The average Bonchev–Trinajstić information content (AvgIpc) is 2.60. The van der Waals surface area contributed by atoms with Crippen LogP contribution in [0, 0.1) is 0 Å². The standard InChI is InChI=1S/C19H31N3O2/c1-3-18(13-20-19(24)21-15(2)7-6-12-23)22-11-10-16-8-4-5-9-17(16)14-22/h4-5,8-9,15,18,23H,3,6-7,10-14H2,1-2H3,(H2,20,21,24). The Morgan fingerprint density at radius 2 is 2.08 bits per heavy atom. The van der Waals surface area contributed by atoms with E-state index in [1.807, 2.05) is 6.92 Å². The van der Waals surface area contributed by atoms with E-state index in [1.54, 1.807) is 0 Å². The van der Waals surface area contributed by atoms with Crippen LogP contribution in [-0.4, -0.2) is 47.8 Å². The largest absolute Gasteiger partial charge is 0.396 e. The van der Waals surface area contributed by atoms with Gasteiger partial charge < -0.3 is 15.7 Å². The molecule has 1 aliphatic heterocycles. The molecule has 1 heterocycles. The maximum absolute atomic E-state index is 12.0. The second-order valence-corrected chi connectivity index (χ2v) is 6.67. The Balaban J connectivity index is 1.79. The maximum atomic E-state index is 12.0. The van der Waals surface area contributed by atoms with Gasteiger partial charge in [-0.25, -0.2) is 4.79 Å². The summed E-state index contributed by atoms with van der Waals surface area (Å²) >= 11 is 0. The summed E-state index contributed by atoms with van der Waals surface area (Å²) in [5.74, 6) is 0. The van der Waals surface area contributed by atoms with Crippen molar-refractivity contribution in [1.29, 1.82) is 0 Å². The van der Waals surface area contributed by atoms with Crippen LogP contribution < -0.4 is 10.6 Å². The Morgan fingerprint density at radius 1 is 1.33 bits per heavy atom. The van der Waals surface area contributed by atoms with E-state index in [0.717, 1.165) is 32.4 Å². The Labute approximate surface area is 145 Å². The molecule has 3 N–H and O–H groups in total. The first-order valence-corrected chi connectivity index (χ1v) is 9.10. The van der Waals surface area contributed by atoms with Crippen LogP contribution in [0.1, 0.15) is 44.2 Å². The molecule has 5 nitrogen and oxygen atoms in total. The average molecular weight is 333 g/mol. The lowest BCUT2D eigenvalue weighted by Gasteiger charge is -2.35. The Bertz CT molecular complexity index is 521. The van der Waals surface area contributed by atoms with Crippen molar-refractivity contribution >= 4 is 6.03 Å². The highest BCUT2D eigenvalue weighted by molar-refractivity contribution is 5.74. The molecule has 0 aliphatic carbocycles. The van der Waals surface area contributed by atoms with Gasteiger partial charge in [0.05, 0.1) is 0 Å². The molecule has 0 radical (unpaired) electrons. The number of aliphatic hydroxyl groups excluding tert-OH is 1. The van der Waals surface area contributed by atoms with Gasteiger partial charge in [0, 0.05) is 38.3 Å². The number of fused-ring (bicyclic) bond motifs is 1. The molecule has 0 saturated heterocycles. The van der Waals surface area contributed by atoms with Gasteiger partial charge in [0.1, 0.15) is 0 Å². The van der Waals surface area contributed by atoms with E-state index in [1.165, 1.54) is 11.1 Å². The summed E-state index contributed by atoms with van der Waals surface area (Å²) in [6.07, 6.45) is 3.61. The van der Waals surface area contributed by atoms with Crippen molar-refractivity contribution in [3.63, 3.8) is 0 Å². The van der Waals surface area contributed by atoms with Crippen LogP contribution in [0.4, 0.5) is 4.79 Å². The lowest BCUT2D eigenvalue weighted by atomic mass is 9.98. The molecule has 0 aromatic heterocycles. The summed E-state index contributed by atoms with van der Waals surface area (Å²) in [4.78, 5) is 14.5. The van der Waals surface area contributed by atoms with Gasteiger partial charge in [0.2, 0.25) is 0 Å². The van der Waals surface area contributed by atoms with Crippen molar-refractivity contribution < 1.29 is 9.90 Å². The first-order valence-electron chi connectivity index (χ1n) is 9.10. The van der Waals surface area contributed by atoms with Crippen LogP contribution in [0.5, 0.6) is 0 Å². The molecule has 2 unspecified atom stereocenters. The number of benzene rings is 1. The van der Waals surface area contributed by atoms with Gasteiger partial charge in [-0.15, -0.1) is 0 Å². The first kappa shape index (κ1) is 18.7. The number of carbonyl (C=O) groups is 1. The number of hydrogen-bond acceptors (Lipinski definition) is 3. The number of urea groups is 1. The number of aliphatic hydroxyl groups is 1. The van der Waals surface area contributed by atoms with Crippen molar-refractivity contribution in [2.24, 2.45) is 0 Å². The third-order valence-electron chi connectivity index (χ3n) is 4.82. The van der Waals surface area contributed by atoms with Crippen molar-refractivity contribution in [1.82, 2.24) is 15.5 Å². The van der Waals surface area contributed by atoms with Crippen molar-refractivity contribution in [3.05, 3.63) is 35.4 Å². The molecule has 134 valence electrons. The molecule has 2 atom stereocenters. The smallest absolute Gasteiger partial charge is 0.315 e. The highest BCUT2D eigenvalue weighted by atomic mass is 16.3. The lowest BCUT2D eigenvalue weighted by molar-refractivity contribution is 0.168. The zero-order valence-electron chi connectivity index (χ0n) is 14.9. The number of hydrogen-bond donors (Lipinski definition) is 3. The van der Waals surface area contributed by atoms with E-state index in [-0.39, 0.29) is 18.7 Å². The summed E-state index contributed by atoms with van der Waals surface area (Å²) in [5.41, 5.74) is 2.86. The summed E-state index contributed by atoms with van der Waals surface area (Å²) < 4.78 is 0. The predicted molar refractivity (Wildman–Crippen MR) is 97.0 cm³/mol. The molecule has 5 heteroatoms. The molecule has 1 aliphatic rings. The SMILES string of the molecule is CCC(CNC(=O)NC(C)CCCO)N1CCc2ccccc2C1. The number of carbonyl (C=O) groups excluding carboxylic acids is 1. The van der Waals surface area contributed by atoms with Crippen molar-refractivity contribution in [2.45, 2.75) is 58.2 Å². The topological polar surface area (TPSA) is 64.6 Å². The molecule has 0 spiro atoms. The zero-order valence-corrected chi connectivity index (χ0v) is 14.9. The maximum Gasteiger partial charge on any atom is 0.315 e. The summed E-state index contributed by atoms with van der Waals surface area (Å²) in [7, 11) is 0. The monoisotopic (exact) mass is 333 g/mol. The van der Waals surface area contributed by atoms with Crippen LogP contribution >= 0.6 is 0 Å². The van der Waals surface area contributed by atoms with Gasteiger partial charge in [-0.3, -0.25) is 4.90 Å². The molecular formula is C19H31N3O2. The minimum atomic E-state index is -0.115. The fourth-order valence-corrected chi connectivity index (χ4v) is 3.32. The number of nitrogens with one attached hydrogen (secondary N) is 2. The van der Waals surface area contributed by atoms with Gasteiger partial charge in [-0.05, 0) is 43.7 Å². The number of nitrogens with zero attached hydrogens (tertiary/aromatic N) is 1. The highest BCUT2D eigenvalue weighted by Crippen LogP contribution is 2.21. The number of amides is 2. The van der Waals surface area contributed by atoms with Gasteiger partial charge >= 0.3 is 6.03 Å². The third-order valence-corrected chi connectivity index (χ3v) is 4.82. The minimum Gasteiger partial charge on any atom is -0.396 e. The second kappa shape index (κ2) is 9.64. The fourth-order valence-electron chi connectivity index (χ4n) is 3.32. The molecule has 1 aromatic rings. The van der Waals surface area contributed by atoms with Crippen molar-refractivity contribution in [3.8, 4) is 0 Å². The van der Waals surface area contributed by atoms with E-state index >= 15 is 0 Å². The van der Waals surface area contributed by atoms with Gasteiger partial charge in [-0.1, -0.05) is 31.2 Å². The van der Waals surface area contributed by atoms with Gasteiger partial charge in [0.15, 0.2) is 0 Å². The quantitative estimate of drug-likeness (QED) is 0.684. The molecular weight excluding hydrogens is 302 g/mol. The van der Waals surface area contributed by atoms with E-state index in [4.69, 9.17) is 5.11 Å². The van der Waals surface area contributed by atoms with Crippen molar-refractivity contribution in [2.75, 3.05) is 19.7 Å². The molecule has 2 rings (SSSR count). The van der Waals surface area contributed by atoms with Crippen LogP contribution in [0.25, 0.3) is 0 Å². The van der Waals surface area contributed by atoms with E-state index in [2.05, 4.69) is 46.7 Å². The summed E-state index contributed by atoms with van der Waals surface area (Å²) in [6, 6.07) is 8.95. The van der Waals surface area contributed by atoms with Crippen LogP contribution in [0.3, 0.4) is 0 Å². The van der Waals surface area contributed by atoms with E-state index in [9.17, 15) is 4.79 Å². The normalized spacial score (nSPS) is 17.0. The molecule has 2 amide bonds. The Hall–Kier alpha value is -1.59. The summed E-state index contributed by atoms with van der Waals surface area (Å²) in [6.45, 7) is 6.98. The predicted octanol–water partition coefficient (Wildman–Crippen LogP) is 2.28. The van der Waals surface area contributed by atoms with E-state index in [0.29, 0.717) is 19.0 Å². The fraction of sp³-hybridized carbons (Fsp3) is 0.632. The van der Waals surface area contributed by atoms with Gasteiger partial charge in [-0.2, -0.15) is 0 Å². The van der Waals surface area contributed by atoms with E-state index < -0.39 is 0 Å². The Kier molecular flexibility index (Phi) is 7.53. The molecule has 0 bridgehead atoms. The highest BCUT2D eigenvalue weighted by Gasteiger charge is 2.22. The molecule has 1 aromatic carbocycles. The zero-order chi connectivity index (χ0) is 17.4. The summed E-state index contributed by atoms with van der Waals surface area (Å²) in [5, 5.41) is 14.8. The molecule has 0 saturated carbocycles. The second-order valence-electron chi connectivity index (χ2n) is 6.67. The Morgan fingerprint density at radius 3 is 2.79 bits per heavy atom. The number of rotatable bonds is 8. The first-order chi connectivity index (χ1) is 11.6. The van der Waals surface area contributed by atoms with Crippen LogP contribution in [0.15, 0.2) is 24.3 Å². The minimum absolute atomic E-state index is 0.0825. The lowest BCUT2D eigenvalue weighted by Crippen LogP contribution is -2.49. The molecule has 0 fully saturated rings. The molecule has 24 heavy (non-hydrogen) atoms. The van der Waals surface area contributed by atoms with Crippen LogP contribution in [0.2, 0.25) is 0 Å². The van der Waals surface area contributed by atoms with Crippen LogP contribution in [-0.2, 0) is 13.0 Å². The third kappa shape index (κ3) is 5.49. The van der Waals surface area contributed by atoms with Gasteiger partial charge in [0.25, 0.3) is 0 Å².